The summed E-state index contributed by atoms with van der Waals surface area (Å²) in [4.78, 5) is 12.4. The first kappa shape index (κ1) is 19.6. The molecule has 0 saturated heterocycles. The van der Waals surface area contributed by atoms with Crippen molar-refractivity contribution in [1.82, 2.24) is 14.8 Å². The molecule has 0 fully saturated rings. The minimum absolute atomic E-state index is 0.154. The second-order valence-corrected chi connectivity index (χ2v) is 6.54. The molecular formula is C18H20N4O5S. The minimum atomic E-state index is -0.207. The summed E-state index contributed by atoms with van der Waals surface area (Å²) in [6, 6.07) is 6.92. The first-order valence-electron chi connectivity index (χ1n) is 8.23. The molecule has 1 amide bonds. The summed E-state index contributed by atoms with van der Waals surface area (Å²) in [5.41, 5.74) is 0.536. The van der Waals surface area contributed by atoms with Crippen molar-refractivity contribution < 1.29 is 23.4 Å². The van der Waals surface area contributed by atoms with Crippen LogP contribution in [0.4, 0.5) is 5.69 Å². The van der Waals surface area contributed by atoms with Gasteiger partial charge in [-0.2, -0.15) is 0 Å². The van der Waals surface area contributed by atoms with Gasteiger partial charge in [0.1, 0.15) is 0 Å². The summed E-state index contributed by atoms with van der Waals surface area (Å²) >= 11 is 1.27. The number of anilines is 1. The van der Waals surface area contributed by atoms with Crippen LogP contribution in [0.25, 0.3) is 11.6 Å². The fraction of sp³-hybridized carbons (Fsp3) is 0.278. The molecular weight excluding hydrogens is 384 g/mol. The molecule has 10 heteroatoms. The van der Waals surface area contributed by atoms with Gasteiger partial charge in [0, 0.05) is 24.9 Å². The Labute approximate surface area is 166 Å². The Morgan fingerprint density at radius 3 is 2.46 bits per heavy atom. The fourth-order valence-corrected chi connectivity index (χ4v) is 3.25. The minimum Gasteiger partial charge on any atom is -0.493 e. The number of hydrogen-bond donors (Lipinski definition) is 1. The smallest absolute Gasteiger partial charge is 0.234 e. The van der Waals surface area contributed by atoms with E-state index in [9.17, 15) is 4.79 Å². The van der Waals surface area contributed by atoms with Crippen molar-refractivity contribution in [2.45, 2.75) is 5.16 Å². The molecule has 28 heavy (non-hydrogen) atoms. The van der Waals surface area contributed by atoms with E-state index in [0.29, 0.717) is 39.7 Å². The molecule has 148 valence electrons. The summed E-state index contributed by atoms with van der Waals surface area (Å²) in [5, 5.41) is 11.6. The molecule has 3 rings (SSSR count). The maximum atomic E-state index is 12.4. The maximum absolute atomic E-state index is 12.4. The van der Waals surface area contributed by atoms with Gasteiger partial charge in [0.05, 0.1) is 33.3 Å². The van der Waals surface area contributed by atoms with Crippen LogP contribution in [0.15, 0.2) is 40.1 Å². The highest BCUT2D eigenvalue weighted by molar-refractivity contribution is 7.99. The second-order valence-electron chi connectivity index (χ2n) is 5.59. The molecule has 0 saturated carbocycles. The third kappa shape index (κ3) is 4.06. The highest BCUT2D eigenvalue weighted by Crippen LogP contribution is 2.40. The summed E-state index contributed by atoms with van der Waals surface area (Å²) in [6.07, 6.45) is 1.57. The Morgan fingerprint density at radius 1 is 1.18 bits per heavy atom. The topological polar surface area (TPSA) is 101 Å². The zero-order valence-electron chi connectivity index (χ0n) is 15.9. The molecule has 0 aliphatic heterocycles. The number of benzene rings is 1. The van der Waals surface area contributed by atoms with Gasteiger partial charge in [-0.15, -0.1) is 10.2 Å². The van der Waals surface area contributed by atoms with E-state index in [2.05, 4.69) is 15.5 Å². The van der Waals surface area contributed by atoms with Gasteiger partial charge in [-0.3, -0.25) is 4.79 Å². The van der Waals surface area contributed by atoms with Crippen molar-refractivity contribution in [1.29, 1.82) is 0 Å². The molecule has 2 aromatic heterocycles. The Hall–Kier alpha value is -3.14. The van der Waals surface area contributed by atoms with Gasteiger partial charge >= 0.3 is 0 Å². The van der Waals surface area contributed by atoms with Gasteiger partial charge in [0.25, 0.3) is 0 Å². The van der Waals surface area contributed by atoms with Gasteiger partial charge in [-0.25, -0.2) is 0 Å². The monoisotopic (exact) mass is 404 g/mol. The summed E-state index contributed by atoms with van der Waals surface area (Å²) in [6.45, 7) is 0. The highest BCUT2D eigenvalue weighted by atomic mass is 32.2. The lowest BCUT2D eigenvalue weighted by atomic mass is 10.2. The standard InChI is InChI=1S/C18H20N4O5S/c1-22-17(12-6-5-7-27-12)20-21-18(22)28-10-15(23)19-11-8-13(24-2)16(26-4)14(9-11)25-3/h5-9H,10H2,1-4H3,(H,19,23). The van der Waals surface area contributed by atoms with E-state index in [4.69, 9.17) is 18.6 Å². The van der Waals surface area contributed by atoms with E-state index >= 15 is 0 Å². The van der Waals surface area contributed by atoms with Gasteiger partial charge in [0.15, 0.2) is 28.2 Å². The van der Waals surface area contributed by atoms with Crippen molar-refractivity contribution in [2.75, 3.05) is 32.4 Å². The summed E-state index contributed by atoms with van der Waals surface area (Å²) in [5.74, 6) is 2.54. The number of rotatable bonds is 8. The average molecular weight is 404 g/mol. The van der Waals surface area contributed by atoms with Gasteiger partial charge in [-0.1, -0.05) is 11.8 Å². The van der Waals surface area contributed by atoms with E-state index in [1.807, 2.05) is 7.05 Å². The zero-order valence-corrected chi connectivity index (χ0v) is 16.7. The van der Waals surface area contributed by atoms with Crippen LogP contribution in [0, 0.1) is 0 Å². The molecule has 0 radical (unpaired) electrons. The van der Waals surface area contributed by atoms with Crippen molar-refractivity contribution in [3.8, 4) is 28.8 Å². The molecule has 1 aromatic carbocycles. The van der Waals surface area contributed by atoms with Crippen LogP contribution < -0.4 is 19.5 Å². The number of carbonyl (C=O) groups is 1. The van der Waals surface area contributed by atoms with E-state index in [1.165, 1.54) is 33.1 Å². The zero-order chi connectivity index (χ0) is 20.1. The lowest BCUT2D eigenvalue weighted by Gasteiger charge is -2.14. The third-order valence-corrected chi connectivity index (χ3v) is 4.88. The quantitative estimate of drug-likeness (QED) is 0.572. The normalized spacial score (nSPS) is 10.6. The lowest BCUT2D eigenvalue weighted by molar-refractivity contribution is -0.113. The van der Waals surface area contributed by atoms with Crippen molar-refractivity contribution >= 4 is 23.4 Å². The highest BCUT2D eigenvalue weighted by Gasteiger charge is 2.17. The van der Waals surface area contributed by atoms with Crippen LogP contribution >= 0.6 is 11.8 Å². The van der Waals surface area contributed by atoms with Crippen LogP contribution in [-0.4, -0.2) is 47.8 Å². The fourth-order valence-electron chi connectivity index (χ4n) is 2.54. The number of carbonyl (C=O) groups excluding carboxylic acids is 1. The Morgan fingerprint density at radius 2 is 1.89 bits per heavy atom. The molecule has 0 unspecified atom stereocenters. The number of thioether (sulfide) groups is 1. The van der Waals surface area contributed by atoms with E-state index in [0.717, 1.165) is 0 Å². The molecule has 3 aromatic rings. The van der Waals surface area contributed by atoms with Gasteiger partial charge < -0.3 is 28.5 Å². The lowest BCUT2D eigenvalue weighted by Crippen LogP contribution is -2.14. The molecule has 9 nitrogen and oxygen atoms in total. The first-order chi connectivity index (χ1) is 13.6. The molecule has 0 aliphatic carbocycles. The predicted molar refractivity (Wildman–Crippen MR) is 104 cm³/mol. The Kier molecular flexibility index (Phi) is 6.09. The number of hydrogen-bond acceptors (Lipinski definition) is 8. The van der Waals surface area contributed by atoms with Gasteiger partial charge in [0.2, 0.25) is 11.7 Å². The molecule has 0 aliphatic rings. The number of nitrogens with zero attached hydrogens (tertiary/aromatic N) is 3. The number of methoxy groups -OCH3 is 3. The van der Waals surface area contributed by atoms with E-state index < -0.39 is 0 Å². The molecule has 0 atom stereocenters. The predicted octanol–water partition coefficient (Wildman–Crippen LogP) is 2.83. The second kappa shape index (κ2) is 8.70. The van der Waals surface area contributed by atoms with Crippen LogP contribution in [0.5, 0.6) is 17.2 Å². The first-order valence-corrected chi connectivity index (χ1v) is 9.21. The number of aromatic nitrogens is 3. The van der Waals surface area contributed by atoms with Crippen LogP contribution in [0.2, 0.25) is 0 Å². The number of ether oxygens (including phenoxy) is 3. The van der Waals surface area contributed by atoms with Crippen molar-refractivity contribution in [3.63, 3.8) is 0 Å². The number of amides is 1. The van der Waals surface area contributed by atoms with Crippen molar-refractivity contribution in [3.05, 3.63) is 30.5 Å². The van der Waals surface area contributed by atoms with E-state index in [-0.39, 0.29) is 11.7 Å². The molecule has 0 spiro atoms. The number of furan rings is 1. The van der Waals surface area contributed by atoms with Crippen LogP contribution in [0.1, 0.15) is 0 Å². The van der Waals surface area contributed by atoms with Crippen LogP contribution in [-0.2, 0) is 11.8 Å². The Bertz CT molecular complexity index is 930. The van der Waals surface area contributed by atoms with E-state index in [1.54, 1.807) is 35.1 Å². The van der Waals surface area contributed by atoms with Crippen molar-refractivity contribution in [2.24, 2.45) is 7.05 Å². The van der Waals surface area contributed by atoms with Crippen LogP contribution in [0.3, 0.4) is 0 Å². The molecule has 2 heterocycles. The molecule has 1 N–H and O–H groups in total. The maximum Gasteiger partial charge on any atom is 0.234 e. The largest absolute Gasteiger partial charge is 0.493 e. The summed E-state index contributed by atoms with van der Waals surface area (Å²) in [7, 11) is 6.37. The average Bonchev–Trinajstić information content (AvgIpc) is 3.35. The SMILES string of the molecule is COc1cc(NC(=O)CSc2nnc(-c3ccco3)n2C)cc(OC)c1OC. The Balaban J connectivity index is 1.67. The number of nitrogens with one attached hydrogen (secondary N) is 1. The summed E-state index contributed by atoms with van der Waals surface area (Å²) < 4.78 is 23.0. The third-order valence-electron chi connectivity index (χ3n) is 3.86. The molecule has 0 bridgehead atoms. The van der Waals surface area contributed by atoms with Gasteiger partial charge in [-0.05, 0) is 12.1 Å².